The van der Waals surface area contributed by atoms with Crippen molar-refractivity contribution in [2.75, 3.05) is 24.5 Å². The van der Waals surface area contributed by atoms with Gasteiger partial charge in [0.2, 0.25) is 11.8 Å². The SMILES string of the molecule is CC(C)(C)OC(=O)N[C@@H](CN1C[C@@H]2C[C@H]1C(=O)N2c1ccc(-c2nnn[nH]2)cc1)C(=O)N1CCC[C@H]1C#N. The molecule has 5 rings (SSSR count). The highest BCUT2D eigenvalue weighted by atomic mass is 16.6. The summed E-state index contributed by atoms with van der Waals surface area (Å²) < 4.78 is 5.40. The smallest absolute Gasteiger partial charge is 0.408 e. The number of nitrogens with zero attached hydrogens (tertiary/aromatic N) is 7. The van der Waals surface area contributed by atoms with Crippen LogP contribution in [0.1, 0.15) is 40.0 Å². The van der Waals surface area contributed by atoms with Gasteiger partial charge in [-0.25, -0.2) is 9.89 Å². The molecule has 0 radical (unpaired) electrons. The molecule has 3 aliphatic heterocycles. The first-order valence-electron chi connectivity index (χ1n) is 12.8. The van der Waals surface area contributed by atoms with Gasteiger partial charge in [0.25, 0.3) is 0 Å². The van der Waals surface area contributed by atoms with E-state index < -0.39 is 29.8 Å². The Labute approximate surface area is 220 Å². The van der Waals surface area contributed by atoms with E-state index in [0.29, 0.717) is 31.8 Å². The van der Waals surface area contributed by atoms with Gasteiger partial charge < -0.3 is 19.9 Å². The van der Waals surface area contributed by atoms with Crippen molar-refractivity contribution in [3.05, 3.63) is 24.3 Å². The maximum atomic E-state index is 13.5. The number of carbonyl (C=O) groups excluding carboxylic acids is 3. The number of H-pyrrole nitrogens is 1. The van der Waals surface area contributed by atoms with Crippen LogP contribution in [0.2, 0.25) is 0 Å². The first-order chi connectivity index (χ1) is 18.1. The number of aromatic amines is 1. The molecule has 13 heteroatoms. The van der Waals surface area contributed by atoms with Gasteiger partial charge in [-0.05, 0) is 74.7 Å². The largest absolute Gasteiger partial charge is 0.444 e. The minimum atomic E-state index is -0.936. The Morgan fingerprint density at radius 1 is 1.29 bits per heavy atom. The van der Waals surface area contributed by atoms with Gasteiger partial charge >= 0.3 is 6.09 Å². The summed E-state index contributed by atoms with van der Waals surface area (Å²) >= 11 is 0. The van der Waals surface area contributed by atoms with E-state index in [-0.39, 0.29) is 24.4 Å². The van der Waals surface area contributed by atoms with E-state index in [2.05, 4.69) is 32.0 Å². The van der Waals surface area contributed by atoms with E-state index in [1.165, 1.54) is 4.90 Å². The van der Waals surface area contributed by atoms with E-state index in [4.69, 9.17) is 4.74 Å². The molecular weight excluding hydrogens is 490 g/mol. The number of amides is 3. The Bertz CT molecular complexity index is 1240. The van der Waals surface area contributed by atoms with Crippen LogP contribution in [0.3, 0.4) is 0 Å². The predicted molar refractivity (Wildman–Crippen MR) is 134 cm³/mol. The molecule has 3 saturated heterocycles. The second kappa shape index (κ2) is 10.0. The summed E-state index contributed by atoms with van der Waals surface area (Å²) in [5.41, 5.74) is 0.861. The molecule has 2 N–H and O–H groups in total. The molecule has 3 amide bonds. The average Bonchev–Trinajstić information content (AvgIpc) is 3.66. The van der Waals surface area contributed by atoms with Crippen LogP contribution in [0.25, 0.3) is 11.4 Å². The van der Waals surface area contributed by atoms with E-state index >= 15 is 0 Å². The summed E-state index contributed by atoms with van der Waals surface area (Å²) in [5, 5.41) is 26.0. The zero-order valence-electron chi connectivity index (χ0n) is 21.6. The third kappa shape index (κ3) is 5.04. The van der Waals surface area contributed by atoms with E-state index in [1.54, 1.807) is 25.7 Å². The van der Waals surface area contributed by atoms with Gasteiger partial charge in [0.05, 0.1) is 18.2 Å². The quantitative estimate of drug-likeness (QED) is 0.566. The van der Waals surface area contributed by atoms with Crippen molar-refractivity contribution in [1.82, 2.24) is 35.7 Å². The summed E-state index contributed by atoms with van der Waals surface area (Å²) in [6.07, 6.45) is 1.26. The molecule has 4 atom stereocenters. The fraction of sp³-hybridized carbons (Fsp3) is 0.560. The number of fused-ring (bicyclic) bond motifs is 2. The highest BCUT2D eigenvalue weighted by Gasteiger charge is 2.51. The number of benzene rings is 1. The summed E-state index contributed by atoms with van der Waals surface area (Å²) in [5.74, 6) is 0.168. The van der Waals surface area contributed by atoms with Gasteiger partial charge in [-0.3, -0.25) is 14.5 Å². The molecule has 3 fully saturated rings. The van der Waals surface area contributed by atoms with Crippen LogP contribution in [-0.4, -0.2) is 97.7 Å². The van der Waals surface area contributed by atoms with Crippen LogP contribution >= 0.6 is 0 Å². The van der Waals surface area contributed by atoms with Crippen molar-refractivity contribution in [2.24, 2.45) is 0 Å². The first kappa shape index (κ1) is 25.6. The standard InChI is InChI=1S/C25H31N9O4/c1-25(2,3)38-24(37)27-19(22(35)33-10-4-5-17(33)12-26)14-32-13-18-11-20(32)23(36)34(18)16-8-6-15(7-9-16)21-28-30-31-29-21/h6-9,17-20H,4-5,10-11,13-14H2,1-3H3,(H,27,37)(H,28,29,30,31)/t17-,18-,19-,20-/m0/s1. The monoisotopic (exact) mass is 521 g/mol. The van der Waals surface area contributed by atoms with Gasteiger partial charge in [-0.1, -0.05) is 0 Å². The van der Waals surface area contributed by atoms with E-state index in [1.807, 2.05) is 29.2 Å². The number of anilines is 1. The van der Waals surface area contributed by atoms with Gasteiger partial charge in [0, 0.05) is 30.9 Å². The minimum Gasteiger partial charge on any atom is -0.444 e. The van der Waals surface area contributed by atoms with Crippen LogP contribution in [-0.2, 0) is 14.3 Å². The van der Waals surface area contributed by atoms with Gasteiger partial charge in [-0.2, -0.15) is 5.26 Å². The molecule has 0 aliphatic carbocycles. The lowest BCUT2D eigenvalue weighted by molar-refractivity contribution is -0.135. The number of nitrogens with one attached hydrogen (secondary N) is 2. The average molecular weight is 522 g/mol. The molecule has 2 aromatic rings. The molecule has 13 nitrogen and oxygen atoms in total. The van der Waals surface area contributed by atoms with Gasteiger partial charge in [0.15, 0.2) is 5.82 Å². The lowest BCUT2D eigenvalue weighted by Gasteiger charge is -2.36. The Balaban J connectivity index is 1.29. The van der Waals surface area contributed by atoms with Crippen molar-refractivity contribution in [1.29, 1.82) is 5.26 Å². The Morgan fingerprint density at radius 2 is 2.05 bits per heavy atom. The zero-order chi connectivity index (χ0) is 27.0. The minimum absolute atomic E-state index is 0.0464. The number of alkyl carbamates (subject to hydrolysis) is 1. The summed E-state index contributed by atoms with van der Waals surface area (Å²) in [6, 6.07) is 7.71. The number of ether oxygens (including phenoxy) is 1. The van der Waals surface area contributed by atoms with Crippen LogP contribution in [0.15, 0.2) is 24.3 Å². The molecule has 3 aliphatic rings. The first-order valence-corrected chi connectivity index (χ1v) is 12.8. The molecule has 38 heavy (non-hydrogen) atoms. The lowest BCUT2D eigenvalue weighted by Crippen LogP contribution is -2.59. The van der Waals surface area contributed by atoms with Crippen LogP contribution in [0, 0.1) is 11.3 Å². The van der Waals surface area contributed by atoms with Crippen molar-refractivity contribution in [2.45, 2.75) is 69.8 Å². The Hall–Kier alpha value is -4.05. The van der Waals surface area contributed by atoms with Crippen molar-refractivity contribution in [3.8, 4) is 17.5 Å². The second-order valence-corrected chi connectivity index (χ2v) is 10.9. The predicted octanol–water partition coefficient (Wildman–Crippen LogP) is 1.06. The second-order valence-electron chi connectivity index (χ2n) is 10.9. The summed E-state index contributed by atoms with van der Waals surface area (Å²) in [6.45, 7) is 6.42. The highest BCUT2D eigenvalue weighted by Crippen LogP contribution is 2.36. The molecule has 1 aromatic carbocycles. The molecule has 1 aromatic heterocycles. The molecule has 200 valence electrons. The van der Waals surface area contributed by atoms with E-state index in [9.17, 15) is 19.6 Å². The lowest BCUT2D eigenvalue weighted by atomic mass is 10.1. The highest BCUT2D eigenvalue weighted by molar-refractivity contribution is 6.01. The molecule has 0 saturated carbocycles. The maximum Gasteiger partial charge on any atom is 0.408 e. The number of rotatable bonds is 6. The van der Waals surface area contributed by atoms with Crippen LogP contribution in [0.4, 0.5) is 10.5 Å². The Kier molecular flexibility index (Phi) is 6.75. The third-order valence-corrected chi connectivity index (χ3v) is 7.12. The van der Waals surface area contributed by atoms with Crippen LogP contribution < -0.4 is 10.2 Å². The Morgan fingerprint density at radius 3 is 2.68 bits per heavy atom. The van der Waals surface area contributed by atoms with Gasteiger partial charge in [0.1, 0.15) is 17.7 Å². The maximum absolute atomic E-state index is 13.5. The molecule has 4 heterocycles. The number of likely N-dealkylation sites (tertiary alicyclic amines) is 2. The van der Waals surface area contributed by atoms with Gasteiger partial charge in [-0.15, -0.1) is 5.10 Å². The normalized spacial score (nSPS) is 23.9. The summed E-state index contributed by atoms with van der Waals surface area (Å²) in [4.78, 5) is 44.8. The van der Waals surface area contributed by atoms with Crippen molar-refractivity contribution < 1.29 is 19.1 Å². The zero-order valence-corrected chi connectivity index (χ0v) is 21.6. The number of tetrazole rings is 1. The topological polar surface area (TPSA) is 160 Å². The number of hydrogen-bond acceptors (Lipinski definition) is 9. The molecular formula is C25H31N9O4. The van der Waals surface area contributed by atoms with Crippen molar-refractivity contribution in [3.63, 3.8) is 0 Å². The number of piperazine rings is 1. The summed E-state index contributed by atoms with van der Waals surface area (Å²) in [7, 11) is 0. The fourth-order valence-electron chi connectivity index (χ4n) is 5.50. The van der Waals surface area contributed by atoms with Crippen LogP contribution in [0.5, 0.6) is 0 Å². The third-order valence-electron chi connectivity index (χ3n) is 7.12. The number of hydrogen-bond donors (Lipinski definition) is 2. The number of aromatic nitrogens is 4. The molecule has 0 unspecified atom stereocenters. The molecule has 2 bridgehead atoms. The fourth-order valence-corrected chi connectivity index (χ4v) is 5.50. The van der Waals surface area contributed by atoms with E-state index in [0.717, 1.165) is 17.7 Å². The van der Waals surface area contributed by atoms with Crippen molar-refractivity contribution >= 4 is 23.6 Å². The number of nitriles is 1. The number of carbonyl (C=O) groups is 3. The molecule has 0 spiro atoms.